The van der Waals surface area contributed by atoms with Crippen LogP contribution in [0.3, 0.4) is 0 Å². The van der Waals surface area contributed by atoms with Crippen LogP contribution >= 0.6 is 12.2 Å². The quantitative estimate of drug-likeness (QED) is 0.292. The number of benzene rings is 1. The molecule has 0 bridgehead atoms. The molecular weight excluding hydrogens is 304 g/mol. The zero-order valence-corrected chi connectivity index (χ0v) is 12.6. The minimum Gasteiger partial charge on any atom is -0.434 e. The Balaban J connectivity index is 2.35. The normalized spacial score (nSPS) is 10.6. The highest BCUT2D eigenvalue weighted by atomic mass is 32.1. The van der Waals surface area contributed by atoms with Crippen molar-refractivity contribution in [3.63, 3.8) is 0 Å². The predicted molar refractivity (Wildman–Crippen MR) is 86.9 cm³/mol. The highest BCUT2D eigenvalue weighted by Gasteiger charge is 2.10. The lowest BCUT2D eigenvalue weighted by atomic mass is 10.1. The first-order valence-electron chi connectivity index (χ1n) is 6.42. The van der Waals surface area contributed by atoms with Crippen LogP contribution in [0.1, 0.15) is 12.6 Å². The molecule has 1 aromatic heterocycles. The summed E-state index contributed by atoms with van der Waals surface area (Å²) >= 11 is 4.66. The molecule has 8 heteroatoms. The molecule has 114 valence electrons. The van der Waals surface area contributed by atoms with Gasteiger partial charge in [-0.05, 0) is 31.3 Å². The van der Waals surface area contributed by atoms with Crippen LogP contribution in [-0.4, -0.2) is 29.1 Å². The molecule has 7 nitrogen and oxygen atoms in total. The summed E-state index contributed by atoms with van der Waals surface area (Å²) in [5.41, 5.74) is 8.33. The van der Waals surface area contributed by atoms with E-state index in [4.69, 9.17) is 15.2 Å². The van der Waals surface area contributed by atoms with Crippen LogP contribution < -0.4 is 15.9 Å². The zero-order chi connectivity index (χ0) is 15.9. The third kappa shape index (κ3) is 3.89. The van der Waals surface area contributed by atoms with Gasteiger partial charge >= 0.3 is 6.16 Å². The third-order valence-corrected chi connectivity index (χ3v) is 2.71. The summed E-state index contributed by atoms with van der Waals surface area (Å²) in [6, 6.07) is 7.00. The first-order chi connectivity index (χ1) is 10.6. The maximum atomic E-state index is 11.5. The van der Waals surface area contributed by atoms with Crippen LogP contribution in [0, 0.1) is 0 Å². The van der Waals surface area contributed by atoms with Crippen molar-refractivity contribution in [2.45, 2.75) is 6.92 Å². The predicted octanol–water partition coefficient (Wildman–Crippen LogP) is 1.94. The molecule has 0 radical (unpaired) electrons. The van der Waals surface area contributed by atoms with E-state index < -0.39 is 6.16 Å². The molecule has 0 amide bonds. The van der Waals surface area contributed by atoms with E-state index in [0.29, 0.717) is 16.8 Å². The average molecular weight is 318 g/mol. The fourth-order valence-corrected chi connectivity index (χ4v) is 1.84. The lowest BCUT2D eigenvalue weighted by molar-refractivity contribution is 0.105. The fourth-order valence-electron chi connectivity index (χ4n) is 1.79. The molecular formula is C14H14N4O3S. The minimum atomic E-state index is -0.753. The average Bonchev–Trinajstić information content (AvgIpc) is 2.48. The summed E-state index contributed by atoms with van der Waals surface area (Å²) in [6.45, 7) is 1.95. The number of hydrazone groups is 1. The van der Waals surface area contributed by atoms with Gasteiger partial charge in [0.15, 0.2) is 5.11 Å². The topological polar surface area (TPSA) is 98.8 Å². The lowest BCUT2D eigenvalue weighted by Gasteiger charge is -2.08. The second kappa shape index (κ2) is 7.32. The summed E-state index contributed by atoms with van der Waals surface area (Å²) in [6.07, 6.45) is 2.31. The zero-order valence-electron chi connectivity index (χ0n) is 11.8. The van der Waals surface area contributed by atoms with Gasteiger partial charge in [0.05, 0.1) is 18.5 Å². The summed E-state index contributed by atoms with van der Waals surface area (Å²) in [5.74, 6) is 0.385. The van der Waals surface area contributed by atoms with E-state index in [9.17, 15) is 4.79 Å². The molecule has 1 heterocycles. The van der Waals surface area contributed by atoms with Gasteiger partial charge in [-0.25, -0.2) is 4.79 Å². The van der Waals surface area contributed by atoms with E-state index in [1.165, 1.54) is 6.21 Å². The van der Waals surface area contributed by atoms with Crippen LogP contribution in [0.4, 0.5) is 4.79 Å². The molecule has 1 aromatic carbocycles. The van der Waals surface area contributed by atoms with Gasteiger partial charge in [-0.15, -0.1) is 0 Å². The van der Waals surface area contributed by atoms with E-state index in [1.807, 2.05) is 6.07 Å². The Hall–Kier alpha value is -2.74. The van der Waals surface area contributed by atoms with Crippen molar-refractivity contribution in [3.05, 3.63) is 36.2 Å². The highest BCUT2D eigenvalue weighted by molar-refractivity contribution is 7.80. The summed E-state index contributed by atoms with van der Waals surface area (Å²) < 4.78 is 9.95. The van der Waals surface area contributed by atoms with E-state index in [-0.39, 0.29) is 11.7 Å². The Labute approximate surface area is 132 Å². The van der Waals surface area contributed by atoms with E-state index in [1.54, 1.807) is 31.3 Å². The molecule has 2 rings (SSSR count). The van der Waals surface area contributed by atoms with Gasteiger partial charge in [0.1, 0.15) is 5.75 Å². The standard InChI is InChI=1S/C14H14N4O3S/c1-2-20-14(19)21-12-5-3-4-9-10(12)6-7-16-11(9)8-17-18-13(15)22/h3-8H,2H2,1H3,(H3,15,18,22)/b17-8+. The van der Waals surface area contributed by atoms with Crippen molar-refractivity contribution in [1.82, 2.24) is 10.4 Å². The number of carbonyl (C=O) groups excluding carboxylic acids is 1. The number of carbonyl (C=O) groups is 1. The van der Waals surface area contributed by atoms with Crippen molar-refractivity contribution in [2.24, 2.45) is 10.8 Å². The number of hydrogen-bond donors (Lipinski definition) is 2. The van der Waals surface area contributed by atoms with Crippen LogP contribution in [-0.2, 0) is 4.74 Å². The molecule has 3 N–H and O–H groups in total. The van der Waals surface area contributed by atoms with Crippen molar-refractivity contribution in [3.8, 4) is 5.75 Å². The molecule has 0 aliphatic heterocycles. The molecule has 0 atom stereocenters. The van der Waals surface area contributed by atoms with Crippen LogP contribution in [0.15, 0.2) is 35.6 Å². The van der Waals surface area contributed by atoms with Crippen molar-refractivity contribution in [1.29, 1.82) is 0 Å². The Bertz CT molecular complexity index is 733. The monoisotopic (exact) mass is 318 g/mol. The number of thiocarbonyl (C=S) groups is 1. The van der Waals surface area contributed by atoms with Gasteiger partial charge < -0.3 is 15.2 Å². The number of nitrogens with two attached hydrogens (primary N) is 1. The van der Waals surface area contributed by atoms with Crippen LogP contribution in [0.25, 0.3) is 10.8 Å². The summed E-state index contributed by atoms with van der Waals surface area (Å²) in [5, 5.41) is 5.41. The smallest absolute Gasteiger partial charge is 0.434 e. The van der Waals surface area contributed by atoms with Gasteiger partial charge in [-0.2, -0.15) is 5.10 Å². The lowest BCUT2D eigenvalue weighted by Crippen LogP contribution is -2.24. The number of hydrogen-bond acceptors (Lipinski definition) is 6. The molecule has 0 spiro atoms. The van der Waals surface area contributed by atoms with E-state index in [0.717, 1.165) is 5.39 Å². The molecule has 0 aliphatic carbocycles. The maximum Gasteiger partial charge on any atom is 0.513 e. The van der Waals surface area contributed by atoms with Crippen molar-refractivity contribution in [2.75, 3.05) is 6.61 Å². The second-order valence-electron chi connectivity index (χ2n) is 4.07. The Morgan fingerprint density at radius 2 is 2.27 bits per heavy atom. The van der Waals surface area contributed by atoms with Crippen LogP contribution in [0.5, 0.6) is 5.75 Å². The number of aromatic nitrogens is 1. The van der Waals surface area contributed by atoms with Gasteiger partial charge in [0.25, 0.3) is 0 Å². The molecule has 0 unspecified atom stereocenters. The molecule has 22 heavy (non-hydrogen) atoms. The SMILES string of the molecule is CCOC(=O)Oc1cccc2c(/C=N/NC(N)=S)nccc12. The number of fused-ring (bicyclic) bond motifs is 1. The van der Waals surface area contributed by atoms with Crippen molar-refractivity contribution >= 4 is 40.5 Å². The largest absolute Gasteiger partial charge is 0.513 e. The highest BCUT2D eigenvalue weighted by Crippen LogP contribution is 2.26. The Morgan fingerprint density at radius 1 is 1.45 bits per heavy atom. The Kier molecular flexibility index (Phi) is 5.21. The summed E-state index contributed by atoms with van der Waals surface area (Å²) in [4.78, 5) is 15.7. The first kappa shape index (κ1) is 15.6. The van der Waals surface area contributed by atoms with E-state index in [2.05, 4.69) is 27.7 Å². The van der Waals surface area contributed by atoms with Gasteiger partial charge in [0, 0.05) is 17.0 Å². The maximum absolute atomic E-state index is 11.5. The summed E-state index contributed by atoms with van der Waals surface area (Å²) in [7, 11) is 0. The number of rotatable bonds is 4. The fraction of sp³-hybridized carbons (Fsp3) is 0.143. The second-order valence-corrected chi connectivity index (χ2v) is 4.51. The number of ether oxygens (including phenoxy) is 2. The van der Waals surface area contributed by atoms with Gasteiger partial charge in [-0.3, -0.25) is 10.4 Å². The molecule has 0 aliphatic rings. The third-order valence-electron chi connectivity index (χ3n) is 2.61. The minimum absolute atomic E-state index is 0.0582. The Morgan fingerprint density at radius 3 is 3.00 bits per heavy atom. The van der Waals surface area contributed by atoms with Gasteiger partial charge in [0.2, 0.25) is 0 Å². The number of nitrogens with one attached hydrogen (secondary N) is 1. The molecule has 0 saturated carbocycles. The van der Waals surface area contributed by atoms with E-state index >= 15 is 0 Å². The molecule has 0 fully saturated rings. The molecule has 2 aromatic rings. The van der Waals surface area contributed by atoms with Gasteiger partial charge in [-0.1, -0.05) is 12.1 Å². The van der Waals surface area contributed by atoms with Crippen molar-refractivity contribution < 1.29 is 14.3 Å². The number of pyridine rings is 1. The number of nitrogens with zero attached hydrogens (tertiary/aromatic N) is 2. The molecule has 0 saturated heterocycles. The first-order valence-corrected chi connectivity index (χ1v) is 6.83. The van der Waals surface area contributed by atoms with Crippen LogP contribution in [0.2, 0.25) is 0 Å².